The molecule has 1 fully saturated rings. The van der Waals surface area contributed by atoms with Gasteiger partial charge in [-0.15, -0.1) is 0 Å². The van der Waals surface area contributed by atoms with E-state index in [-0.39, 0.29) is 23.4 Å². The van der Waals surface area contributed by atoms with E-state index in [4.69, 9.17) is 16.6 Å². The maximum Gasteiger partial charge on any atom is 0.266 e. The second kappa shape index (κ2) is 8.83. The van der Waals surface area contributed by atoms with Gasteiger partial charge in [-0.1, -0.05) is 44.5 Å². The van der Waals surface area contributed by atoms with Crippen LogP contribution in [0.3, 0.4) is 0 Å². The number of carbonyl (C=O) groups excluding carboxylic acids is 1. The quantitative estimate of drug-likeness (QED) is 0.498. The largest absolute Gasteiger partial charge is 0.332 e. The lowest BCUT2D eigenvalue weighted by Crippen LogP contribution is -2.41. The molecule has 162 valence electrons. The first kappa shape index (κ1) is 21.6. The van der Waals surface area contributed by atoms with E-state index in [1.165, 1.54) is 0 Å². The van der Waals surface area contributed by atoms with Gasteiger partial charge in [-0.2, -0.15) is 0 Å². The molecule has 0 N–H and O–H groups in total. The van der Waals surface area contributed by atoms with Crippen molar-refractivity contribution in [3.05, 3.63) is 69.7 Å². The van der Waals surface area contributed by atoms with E-state index in [1.54, 1.807) is 22.8 Å². The predicted molar refractivity (Wildman–Crippen MR) is 125 cm³/mol. The lowest BCUT2D eigenvalue weighted by atomic mass is 10.1. The second-order valence-electron chi connectivity index (χ2n) is 8.69. The van der Waals surface area contributed by atoms with Crippen molar-refractivity contribution in [3.63, 3.8) is 0 Å². The van der Waals surface area contributed by atoms with E-state index in [9.17, 15) is 9.59 Å². The summed E-state index contributed by atoms with van der Waals surface area (Å²) in [5, 5.41) is 1.16. The van der Waals surface area contributed by atoms with Crippen LogP contribution in [0.5, 0.6) is 0 Å². The highest BCUT2D eigenvalue weighted by Gasteiger charge is 2.38. The van der Waals surface area contributed by atoms with Crippen LogP contribution in [0.15, 0.2) is 53.3 Å². The van der Waals surface area contributed by atoms with Gasteiger partial charge in [0.2, 0.25) is 5.91 Å². The number of hydrogen-bond donors (Lipinski definition) is 0. The van der Waals surface area contributed by atoms with E-state index in [2.05, 4.69) is 13.8 Å². The zero-order valence-electron chi connectivity index (χ0n) is 18.2. The summed E-state index contributed by atoms with van der Waals surface area (Å²) >= 11 is 6.10. The van der Waals surface area contributed by atoms with Gasteiger partial charge in [-0.3, -0.25) is 14.2 Å². The number of aromatic nitrogens is 2. The third-order valence-corrected chi connectivity index (χ3v) is 5.97. The van der Waals surface area contributed by atoms with Crippen LogP contribution in [0.2, 0.25) is 5.02 Å². The van der Waals surface area contributed by atoms with Crippen LogP contribution < -0.4 is 5.56 Å². The fraction of sp³-hybridized carbons (Fsp3) is 0.400. The molecule has 1 aromatic heterocycles. The van der Waals surface area contributed by atoms with Crippen molar-refractivity contribution in [1.82, 2.24) is 14.5 Å². The molecule has 6 heteroatoms. The van der Waals surface area contributed by atoms with E-state index in [0.29, 0.717) is 46.3 Å². The smallest absolute Gasteiger partial charge is 0.266 e. The molecular formula is C25H28ClN3O2. The van der Waals surface area contributed by atoms with Crippen molar-refractivity contribution in [1.29, 1.82) is 0 Å². The predicted octanol–water partition coefficient (Wildman–Crippen LogP) is 5.38. The number of nitrogens with zero attached hydrogens (tertiary/aromatic N) is 3. The number of fused-ring (bicyclic) bond motifs is 1. The number of rotatable bonds is 7. The Morgan fingerprint density at radius 2 is 1.84 bits per heavy atom. The maximum atomic E-state index is 13.6. The zero-order valence-corrected chi connectivity index (χ0v) is 19.0. The molecule has 0 radical (unpaired) electrons. The number of hydrogen-bond acceptors (Lipinski definition) is 3. The third kappa shape index (κ3) is 4.38. The molecule has 1 aliphatic rings. The van der Waals surface area contributed by atoms with Gasteiger partial charge in [0, 0.05) is 17.5 Å². The minimum absolute atomic E-state index is 0.101. The van der Waals surface area contributed by atoms with Crippen molar-refractivity contribution in [3.8, 4) is 5.69 Å². The Morgan fingerprint density at radius 3 is 2.45 bits per heavy atom. The Morgan fingerprint density at radius 1 is 1.16 bits per heavy atom. The van der Waals surface area contributed by atoms with Crippen LogP contribution in [-0.4, -0.2) is 26.9 Å². The standard InChI is InChI=1S/C25H28ClN3O2/c1-4-22(28(15-16(2)3)24(30)17-9-10-17)23-27-21-8-6-5-7-20(21)25(31)29(23)19-13-11-18(26)12-14-19/h5-8,11-14,16-17,22H,4,9-10,15H2,1-3H3. The SMILES string of the molecule is CCC(c1nc2ccccc2c(=O)n1-c1ccc(Cl)cc1)N(CC(C)C)C(=O)C1CC1. The van der Waals surface area contributed by atoms with Crippen molar-refractivity contribution in [2.45, 2.75) is 46.1 Å². The molecule has 0 spiro atoms. The van der Waals surface area contributed by atoms with Gasteiger partial charge in [0.05, 0.1) is 22.6 Å². The molecule has 0 aliphatic heterocycles. The average Bonchev–Trinajstić information content (AvgIpc) is 3.59. The minimum atomic E-state index is -0.288. The molecule has 1 saturated carbocycles. The van der Waals surface area contributed by atoms with E-state index >= 15 is 0 Å². The molecule has 5 nitrogen and oxygen atoms in total. The van der Waals surface area contributed by atoms with Gasteiger partial charge < -0.3 is 4.90 Å². The van der Waals surface area contributed by atoms with Crippen LogP contribution in [0.4, 0.5) is 0 Å². The average molecular weight is 438 g/mol. The fourth-order valence-electron chi connectivity index (χ4n) is 4.08. The monoisotopic (exact) mass is 437 g/mol. The molecule has 3 aromatic rings. The molecule has 31 heavy (non-hydrogen) atoms. The number of para-hydroxylation sites is 1. The Kier molecular flexibility index (Phi) is 6.15. The zero-order chi connectivity index (χ0) is 22.1. The summed E-state index contributed by atoms with van der Waals surface area (Å²) in [6.07, 6.45) is 2.56. The summed E-state index contributed by atoms with van der Waals surface area (Å²) in [6.45, 7) is 6.91. The molecule has 1 unspecified atom stereocenters. The van der Waals surface area contributed by atoms with Gasteiger partial charge in [0.25, 0.3) is 5.56 Å². The van der Waals surface area contributed by atoms with E-state index in [1.807, 2.05) is 42.2 Å². The van der Waals surface area contributed by atoms with Crippen molar-refractivity contribution >= 4 is 28.4 Å². The lowest BCUT2D eigenvalue weighted by Gasteiger charge is -2.33. The lowest BCUT2D eigenvalue weighted by molar-refractivity contribution is -0.136. The number of carbonyl (C=O) groups is 1. The molecule has 2 aromatic carbocycles. The van der Waals surface area contributed by atoms with Crippen molar-refractivity contribution in [2.24, 2.45) is 11.8 Å². The van der Waals surface area contributed by atoms with Gasteiger partial charge in [-0.05, 0) is 61.6 Å². The van der Waals surface area contributed by atoms with Crippen LogP contribution in [0.25, 0.3) is 16.6 Å². The first-order valence-electron chi connectivity index (χ1n) is 11.0. The molecule has 0 saturated heterocycles. The van der Waals surface area contributed by atoms with Gasteiger partial charge in [-0.25, -0.2) is 4.98 Å². The Bertz CT molecular complexity index is 1150. The first-order chi connectivity index (χ1) is 14.9. The molecule has 4 rings (SSSR count). The van der Waals surface area contributed by atoms with Gasteiger partial charge >= 0.3 is 0 Å². The molecule has 1 atom stereocenters. The van der Waals surface area contributed by atoms with Crippen LogP contribution in [0.1, 0.15) is 51.9 Å². The van der Waals surface area contributed by atoms with E-state index in [0.717, 1.165) is 12.8 Å². The van der Waals surface area contributed by atoms with E-state index < -0.39 is 0 Å². The molecule has 1 amide bonds. The first-order valence-corrected chi connectivity index (χ1v) is 11.4. The summed E-state index contributed by atoms with van der Waals surface area (Å²) in [4.78, 5) is 33.7. The maximum absolute atomic E-state index is 13.6. The highest BCUT2D eigenvalue weighted by atomic mass is 35.5. The summed E-state index contributed by atoms with van der Waals surface area (Å²) in [7, 11) is 0. The molecule has 1 aliphatic carbocycles. The Balaban J connectivity index is 1.94. The summed E-state index contributed by atoms with van der Waals surface area (Å²) in [6, 6.07) is 14.3. The van der Waals surface area contributed by atoms with Crippen molar-refractivity contribution < 1.29 is 4.79 Å². The van der Waals surface area contributed by atoms with Gasteiger partial charge in [0.15, 0.2) is 0 Å². The Hall–Kier alpha value is -2.66. The second-order valence-corrected chi connectivity index (χ2v) is 9.12. The van der Waals surface area contributed by atoms with Crippen molar-refractivity contribution in [2.75, 3.05) is 6.54 Å². The summed E-state index contributed by atoms with van der Waals surface area (Å²) < 4.78 is 1.65. The number of amides is 1. The molecular weight excluding hydrogens is 410 g/mol. The summed E-state index contributed by atoms with van der Waals surface area (Å²) in [5.74, 6) is 1.19. The number of benzene rings is 2. The highest BCUT2D eigenvalue weighted by molar-refractivity contribution is 6.30. The van der Waals surface area contributed by atoms with Crippen LogP contribution in [-0.2, 0) is 4.79 Å². The fourth-order valence-corrected chi connectivity index (χ4v) is 4.21. The normalized spacial score (nSPS) is 14.7. The van der Waals surface area contributed by atoms with Gasteiger partial charge in [0.1, 0.15) is 5.82 Å². The molecule has 1 heterocycles. The Labute approximate surface area is 187 Å². The van der Waals surface area contributed by atoms with Crippen LogP contribution in [0, 0.1) is 11.8 Å². The third-order valence-electron chi connectivity index (χ3n) is 5.72. The number of halogens is 1. The summed E-state index contributed by atoms with van der Waals surface area (Å²) in [5.41, 5.74) is 1.21. The topological polar surface area (TPSA) is 55.2 Å². The highest BCUT2D eigenvalue weighted by Crippen LogP contribution is 2.36. The van der Waals surface area contributed by atoms with Crippen LogP contribution >= 0.6 is 11.6 Å². The molecule has 0 bridgehead atoms. The minimum Gasteiger partial charge on any atom is -0.332 e.